The number of rotatable bonds is 6. The molecule has 8 heteroatoms. The summed E-state index contributed by atoms with van der Waals surface area (Å²) in [6, 6.07) is 11.9. The normalized spacial score (nSPS) is 16.8. The van der Waals surface area contributed by atoms with Crippen molar-refractivity contribution < 1.29 is 17.9 Å². The van der Waals surface area contributed by atoms with Gasteiger partial charge in [-0.05, 0) is 44.7 Å². The molecule has 1 aliphatic rings. The molecule has 1 amide bonds. The number of methoxy groups -OCH3 is 1. The molecule has 2 aromatic carbocycles. The highest BCUT2D eigenvalue weighted by Crippen LogP contribution is 2.26. The first-order chi connectivity index (χ1) is 14.2. The maximum Gasteiger partial charge on any atom is 0.252 e. The van der Waals surface area contributed by atoms with Crippen LogP contribution in [0.1, 0.15) is 34.5 Å². The molecule has 1 heterocycles. The topological polar surface area (TPSA) is 78.9 Å². The molecule has 1 N–H and O–H groups in total. The minimum Gasteiger partial charge on any atom is -0.496 e. The van der Waals surface area contributed by atoms with Gasteiger partial charge in [-0.3, -0.25) is 4.79 Å². The van der Waals surface area contributed by atoms with Crippen molar-refractivity contribution in [2.45, 2.75) is 24.8 Å². The van der Waals surface area contributed by atoms with E-state index in [1.54, 1.807) is 26.2 Å². The zero-order valence-corrected chi connectivity index (χ0v) is 18.7. The fraction of sp³-hybridized carbons (Fsp3) is 0.409. The number of ether oxygens (including phenoxy) is 1. The summed E-state index contributed by atoms with van der Waals surface area (Å²) in [5.41, 5.74) is 1.93. The van der Waals surface area contributed by atoms with Crippen LogP contribution in [0.4, 0.5) is 0 Å². The van der Waals surface area contributed by atoms with Crippen molar-refractivity contribution >= 4 is 15.9 Å². The largest absolute Gasteiger partial charge is 0.496 e. The molecule has 0 unspecified atom stereocenters. The van der Waals surface area contributed by atoms with E-state index in [0.29, 0.717) is 37.5 Å². The van der Waals surface area contributed by atoms with Gasteiger partial charge in [0, 0.05) is 37.3 Å². The Hall–Kier alpha value is -2.42. The summed E-state index contributed by atoms with van der Waals surface area (Å²) in [7, 11) is -0.0820. The van der Waals surface area contributed by atoms with Gasteiger partial charge in [-0.1, -0.05) is 24.3 Å². The quantitative estimate of drug-likeness (QED) is 0.760. The van der Waals surface area contributed by atoms with Gasteiger partial charge in [0.05, 0.1) is 18.0 Å². The molecule has 0 aliphatic carbocycles. The molecule has 0 aromatic heterocycles. The molecule has 1 fully saturated rings. The molecule has 0 bridgehead atoms. The maximum atomic E-state index is 13.1. The van der Waals surface area contributed by atoms with Gasteiger partial charge in [0.2, 0.25) is 10.0 Å². The first-order valence-electron chi connectivity index (χ1n) is 9.97. The van der Waals surface area contributed by atoms with Gasteiger partial charge >= 0.3 is 0 Å². The van der Waals surface area contributed by atoms with E-state index in [4.69, 9.17) is 4.74 Å². The second-order valence-corrected chi connectivity index (χ2v) is 9.56. The van der Waals surface area contributed by atoms with Crippen LogP contribution < -0.4 is 10.1 Å². The minimum atomic E-state index is -3.64. The number of hydrogen-bond donors (Lipinski definition) is 1. The van der Waals surface area contributed by atoms with Gasteiger partial charge in [-0.25, -0.2) is 8.42 Å². The van der Waals surface area contributed by atoms with E-state index in [0.717, 1.165) is 11.1 Å². The first kappa shape index (κ1) is 22.3. The number of piperazine rings is 1. The summed E-state index contributed by atoms with van der Waals surface area (Å²) in [6.07, 6.45) is 0. The third-order valence-electron chi connectivity index (χ3n) is 5.51. The minimum absolute atomic E-state index is 0.146. The van der Waals surface area contributed by atoms with E-state index in [1.165, 1.54) is 10.4 Å². The summed E-state index contributed by atoms with van der Waals surface area (Å²) >= 11 is 0. The van der Waals surface area contributed by atoms with E-state index >= 15 is 0 Å². The number of nitrogens with one attached hydrogen (secondary N) is 1. The van der Waals surface area contributed by atoms with Crippen LogP contribution in [0.5, 0.6) is 5.75 Å². The molecule has 1 aliphatic heterocycles. The Bertz CT molecular complexity index is 1010. The molecule has 0 saturated carbocycles. The second kappa shape index (κ2) is 9.16. The third kappa shape index (κ3) is 4.66. The lowest BCUT2D eigenvalue weighted by molar-refractivity contribution is 0.0938. The van der Waals surface area contributed by atoms with E-state index in [2.05, 4.69) is 10.2 Å². The first-order valence-corrected chi connectivity index (χ1v) is 11.4. The zero-order chi connectivity index (χ0) is 21.9. The number of benzene rings is 2. The van der Waals surface area contributed by atoms with Gasteiger partial charge in [-0.15, -0.1) is 0 Å². The number of carbonyl (C=O) groups excluding carboxylic acids is 1. The number of nitrogens with zero attached hydrogens (tertiary/aromatic N) is 2. The Morgan fingerprint density at radius 2 is 1.77 bits per heavy atom. The van der Waals surface area contributed by atoms with Crippen LogP contribution in [-0.2, 0) is 10.0 Å². The van der Waals surface area contributed by atoms with Crippen molar-refractivity contribution in [1.29, 1.82) is 0 Å². The number of likely N-dealkylation sites (N-methyl/N-ethyl adjacent to an activating group) is 1. The van der Waals surface area contributed by atoms with Crippen LogP contribution in [0.15, 0.2) is 47.4 Å². The van der Waals surface area contributed by atoms with Crippen molar-refractivity contribution in [2.24, 2.45) is 0 Å². The highest BCUT2D eigenvalue weighted by atomic mass is 32.2. The van der Waals surface area contributed by atoms with Crippen LogP contribution in [0, 0.1) is 6.92 Å². The van der Waals surface area contributed by atoms with Gasteiger partial charge in [0.1, 0.15) is 5.75 Å². The van der Waals surface area contributed by atoms with Crippen LogP contribution in [0.2, 0.25) is 0 Å². The Labute approximate surface area is 178 Å². The fourth-order valence-corrected chi connectivity index (χ4v) is 5.01. The maximum absolute atomic E-state index is 13.1. The van der Waals surface area contributed by atoms with Crippen LogP contribution in [0.3, 0.4) is 0 Å². The van der Waals surface area contributed by atoms with Crippen molar-refractivity contribution in [3.8, 4) is 5.75 Å². The predicted octanol–water partition coefficient (Wildman–Crippen LogP) is 2.43. The highest BCUT2D eigenvalue weighted by molar-refractivity contribution is 7.89. The molecular formula is C22H29N3O4S. The van der Waals surface area contributed by atoms with Crippen molar-refractivity contribution in [3.63, 3.8) is 0 Å². The Kier molecular flexibility index (Phi) is 6.80. The molecule has 0 radical (unpaired) electrons. The van der Waals surface area contributed by atoms with Gasteiger partial charge in [0.25, 0.3) is 5.91 Å². The molecule has 1 atom stereocenters. The number of para-hydroxylation sites is 1. The standard InChI is InChI=1S/C22H29N3O4S/c1-16-9-10-18(30(27,28)25-13-11-24(3)12-14-25)15-20(16)22(26)23-17(2)19-7-5-6-8-21(19)29-4/h5-10,15,17H,11-14H2,1-4H3,(H,23,26)/t17-/m0/s1. The van der Waals surface area contributed by atoms with Crippen molar-refractivity contribution in [1.82, 2.24) is 14.5 Å². The van der Waals surface area contributed by atoms with Gasteiger partial charge < -0.3 is 15.0 Å². The number of sulfonamides is 1. The average molecular weight is 432 g/mol. The molecule has 0 spiro atoms. The summed E-state index contributed by atoms with van der Waals surface area (Å²) in [5, 5.41) is 2.96. The number of amides is 1. The summed E-state index contributed by atoms with van der Waals surface area (Å²) in [5.74, 6) is 0.370. The van der Waals surface area contributed by atoms with E-state index < -0.39 is 10.0 Å². The number of aryl methyl sites for hydroxylation is 1. The molecule has 30 heavy (non-hydrogen) atoms. The monoisotopic (exact) mass is 431 g/mol. The van der Waals surface area contributed by atoms with Crippen molar-refractivity contribution in [3.05, 3.63) is 59.2 Å². The summed E-state index contributed by atoms with van der Waals surface area (Å²) in [6.45, 7) is 5.94. The predicted molar refractivity (Wildman–Crippen MR) is 116 cm³/mol. The molecular weight excluding hydrogens is 402 g/mol. The van der Waals surface area contributed by atoms with Crippen LogP contribution in [-0.4, -0.2) is 63.9 Å². The molecule has 7 nitrogen and oxygen atoms in total. The van der Waals surface area contributed by atoms with E-state index in [9.17, 15) is 13.2 Å². The number of hydrogen-bond acceptors (Lipinski definition) is 5. The van der Waals surface area contributed by atoms with Crippen LogP contribution >= 0.6 is 0 Å². The lowest BCUT2D eigenvalue weighted by Gasteiger charge is -2.31. The lowest BCUT2D eigenvalue weighted by atomic mass is 10.0. The van der Waals surface area contributed by atoms with Gasteiger partial charge in [0.15, 0.2) is 0 Å². The summed E-state index contributed by atoms with van der Waals surface area (Å²) in [4.78, 5) is 15.2. The van der Waals surface area contributed by atoms with E-state index in [-0.39, 0.29) is 16.8 Å². The zero-order valence-electron chi connectivity index (χ0n) is 17.9. The molecule has 162 valence electrons. The Morgan fingerprint density at radius 3 is 2.43 bits per heavy atom. The van der Waals surface area contributed by atoms with E-state index in [1.807, 2.05) is 38.2 Å². The number of carbonyl (C=O) groups is 1. The SMILES string of the molecule is COc1ccccc1[C@H](C)NC(=O)c1cc(S(=O)(=O)N2CCN(C)CC2)ccc1C. The smallest absolute Gasteiger partial charge is 0.252 e. The van der Waals surface area contributed by atoms with Crippen LogP contribution in [0.25, 0.3) is 0 Å². The average Bonchev–Trinajstić information content (AvgIpc) is 2.74. The van der Waals surface area contributed by atoms with Crippen molar-refractivity contribution in [2.75, 3.05) is 40.3 Å². The Balaban J connectivity index is 1.83. The summed E-state index contributed by atoms with van der Waals surface area (Å²) < 4.78 is 33.0. The fourth-order valence-electron chi connectivity index (χ4n) is 3.56. The van der Waals surface area contributed by atoms with Gasteiger partial charge in [-0.2, -0.15) is 4.31 Å². The Morgan fingerprint density at radius 1 is 1.10 bits per heavy atom. The highest BCUT2D eigenvalue weighted by Gasteiger charge is 2.28. The molecule has 1 saturated heterocycles. The molecule has 2 aromatic rings. The second-order valence-electron chi connectivity index (χ2n) is 7.62. The lowest BCUT2D eigenvalue weighted by Crippen LogP contribution is -2.47. The molecule has 3 rings (SSSR count). The third-order valence-corrected chi connectivity index (χ3v) is 7.40.